The number of hydrogen-bond donors (Lipinski definition) is 2. The minimum atomic E-state index is -0.448. The van der Waals surface area contributed by atoms with Gasteiger partial charge in [0.2, 0.25) is 5.91 Å². The second-order valence-corrected chi connectivity index (χ2v) is 6.38. The molecule has 6 heteroatoms. The van der Waals surface area contributed by atoms with Gasteiger partial charge >= 0.3 is 0 Å². The molecule has 1 aliphatic heterocycles. The van der Waals surface area contributed by atoms with Crippen LogP contribution < -0.4 is 11.1 Å². The number of carbonyl (C=O) groups is 1. The Morgan fingerprint density at radius 2 is 2.30 bits per heavy atom. The summed E-state index contributed by atoms with van der Waals surface area (Å²) < 4.78 is 14.3. The molecule has 0 bridgehead atoms. The molecule has 4 nitrogen and oxygen atoms in total. The van der Waals surface area contributed by atoms with Crippen LogP contribution in [-0.4, -0.2) is 36.5 Å². The topological polar surface area (TPSA) is 58.4 Å². The molecule has 1 amide bonds. The van der Waals surface area contributed by atoms with Crippen molar-refractivity contribution in [3.05, 3.63) is 28.5 Å². The number of hydrogen-bond acceptors (Lipinski definition) is 3. The highest BCUT2D eigenvalue weighted by atomic mass is 79.9. The lowest BCUT2D eigenvalue weighted by atomic mass is 9.97. The first-order valence-electron chi connectivity index (χ1n) is 6.67. The van der Waals surface area contributed by atoms with Crippen molar-refractivity contribution < 1.29 is 9.18 Å². The quantitative estimate of drug-likeness (QED) is 0.884. The Bertz CT molecular complexity index is 487. The van der Waals surface area contributed by atoms with Crippen LogP contribution in [0, 0.1) is 11.7 Å². The van der Waals surface area contributed by atoms with Crippen molar-refractivity contribution in [1.29, 1.82) is 0 Å². The Kier molecular flexibility index (Phi) is 5.12. The maximum atomic E-state index is 13.6. The summed E-state index contributed by atoms with van der Waals surface area (Å²) in [6, 6.07) is 4.67. The molecule has 0 spiro atoms. The van der Waals surface area contributed by atoms with Gasteiger partial charge in [0.15, 0.2) is 0 Å². The van der Waals surface area contributed by atoms with Gasteiger partial charge in [-0.3, -0.25) is 9.69 Å². The van der Waals surface area contributed by atoms with E-state index in [1.165, 1.54) is 6.07 Å². The Hall–Kier alpha value is -0.980. The first kappa shape index (κ1) is 15.4. The van der Waals surface area contributed by atoms with Crippen LogP contribution in [0.3, 0.4) is 0 Å². The fourth-order valence-electron chi connectivity index (χ4n) is 2.63. The Morgan fingerprint density at radius 3 is 2.95 bits per heavy atom. The van der Waals surface area contributed by atoms with E-state index in [9.17, 15) is 9.18 Å². The number of nitrogens with zero attached hydrogens (tertiary/aromatic N) is 1. The summed E-state index contributed by atoms with van der Waals surface area (Å²) in [7, 11) is 0. The van der Waals surface area contributed by atoms with Crippen molar-refractivity contribution in [3.8, 4) is 0 Å². The number of amides is 1. The summed E-state index contributed by atoms with van der Waals surface area (Å²) in [5.41, 5.74) is 6.15. The third-order valence-corrected chi connectivity index (χ3v) is 3.83. The van der Waals surface area contributed by atoms with Gasteiger partial charge in [-0.2, -0.15) is 0 Å². The summed E-state index contributed by atoms with van der Waals surface area (Å²) in [6.45, 7) is 3.93. The number of nitrogens with one attached hydrogen (secondary N) is 1. The number of piperidine rings is 1. The lowest BCUT2D eigenvalue weighted by Gasteiger charge is -2.34. The molecule has 2 atom stereocenters. The van der Waals surface area contributed by atoms with Crippen molar-refractivity contribution in [3.63, 3.8) is 0 Å². The van der Waals surface area contributed by atoms with Crippen LogP contribution in [0.5, 0.6) is 0 Å². The van der Waals surface area contributed by atoms with Crippen LogP contribution in [0.4, 0.5) is 10.1 Å². The highest BCUT2D eigenvalue weighted by Crippen LogP contribution is 2.20. The molecule has 0 aliphatic carbocycles. The molecule has 20 heavy (non-hydrogen) atoms. The Balaban J connectivity index is 1.92. The first-order valence-corrected chi connectivity index (χ1v) is 7.46. The van der Waals surface area contributed by atoms with E-state index in [0.29, 0.717) is 16.9 Å². The minimum absolute atomic E-state index is 0.107. The average molecular weight is 344 g/mol. The summed E-state index contributed by atoms with van der Waals surface area (Å²) in [5.74, 6) is -0.181. The molecule has 0 saturated carbocycles. The predicted molar refractivity (Wildman–Crippen MR) is 80.9 cm³/mol. The van der Waals surface area contributed by atoms with E-state index >= 15 is 0 Å². The van der Waals surface area contributed by atoms with Gasteiger partial charge < -0.3 is 11.1 Å². The summed E-state index contributed by atoms with van der Waals surface area (Å²) >= 11 is 3.18. The Morgan fingerprint density at radius 1 is 1.55 bits per heavy atom. The van der Waals surface area contributed by atoms with Crippen molar-refractivity contribution in [2.24, 2.45) is 11.7 Å². The van der Waals surface area contributed by atoms with Crippen LogP contribution in [-0.2, 0) is 4.79 Å². The monoisotopic (exact) mass is 343 g/mol. The zero-order chi connectivity index (χ0) is 14.7. The molecule has 110 valence electrons. The van der Waals surface area contributed by atoms with E-state index < -0.39 is 5.82 Å². The van der Waals surface area contributed by atoms with Crippen molar-refractivity contribution in [2.75, 3.05) is 25.0 Å². The molecule has 0 radical (unpaired) electrons. The van der Waals surface area contributed by atoms with Gasteiger partial charge in [0.25, 0.3) is 0 Å². The zero-order valence-corrected chi connectivity index (χ0v) is 13.0. The average Bonchev–Trinajstić information content (AvgIpc) is 2.31. The van der Waals surface area contributed by atoms with Gasteiger partial charge in [-0.25, -0.2) is 4.39 Å². The third kappa shape index (κ3) is 4.26. The second kappa shape index (κ2) is 6.65. The van der Waals surface area contributed by atoms with Gasteiger partial charge in [-0.15, -0.1) is 0 Å². The highest BCUT2D eigenvalue weighted by molar-refractivity contribution is 9.10. The molecule has 2 rings (SSSR count). The number of benzene rings is 1. The molecule has 1 saturated heterocycles. The smallest absolute Gasteiger partial charge is 0.238 e. The van der Waals surface area contributed by atoms with Gasteiger partial charge in [0.05, 0.1) is 12.2 Å². The number of anilines is 1. The van der Waals surface area contributed by atoms with Gasteiger partial charge in [0, 0.05) is 23.6 Å². The molecular weight excluding hydrogens is 325 g/mol. The van der Waals surface area contributed by atoms with Crippen molar-refractivity contribution >= 4 is 27.5 Å². The molecule has 2 unspecified atom stereocenters. The van der Waals surface area contributed by atoms with Crippen LogP contribution in [0.2, 0.25) is 0 Å². The van der Waals surface area contributed by atoms with Crippen molar-refractivity contribution in [2.45, 2.75) is 19.4 Å². The van der Waals surface area contributed by atoms with Crippen molar-refractivity contribution in [1.82, 2.24) is 4.90 Å². The normalized spacial score (nSPS) is 23.6. The third-order valence-electron chi connectivity index (χ3n) is 3.34. The molecule has 1 aliphatic rings. The molecule has 3 N–H and O–H groups in total. The number of rotatable bonds is 3. The van der Waals surface area contributed by atoms with Gasteiger partial charge in [-0.1, -0.05) is 22.9 Å². The number of carbonyl (C=O) groups excluding carboxylic acids is 1. The lowest BCUT2D eigenvalue weighted by molar-refractivity contribution is -0.117. The first-order chi connectivity index (χ1) is 9.44. The van der Waals surface area contributed by atoms with Crippen LogP contribution in [0.15, 0.2) is 22.7 Å². The van der Waals surface area contributed by atoms with E-state index in [0.717, 1.165) is 13.0 Å². The SMILES string of the molecule is CC1CC(N)CN(CC(=O)Nc2ccc(Br)cc2F)C1. The molecule has 0 aromatic heterocycles. The van der Waals surface area contributed by atoms with E-state index in [-0.39, 0.29) is 24.2 Å². The standard InChI is InChI=1S/C14H19BrFN3O/c1-9-4-11(17)7-19(6-9)8-14(20)18-13-3-2-10(15)5-12(13)16/h2-3,5,9,11H,4,6-8,17H2,1H3,(H,18,20). The fourth-order valence-corrected chi connectivity index (χ4v) is 2.96. The fraction of sp³-hybridized carbons (Fsp3) is 0.500. The minimum Gasteiger partial charge on any atom is -0.327 e. The molecular formula is C14H19BrFN3O. The molecule has 1 aromatic rings. The maximum Gasteiger partial charge on any atom is 0.238 e. The van der Waals surface area contributed by atoms with Crippen LogP contribution in [0.1, 0.15) is 13.3 Å². The summed E-state index contributed by atoms with van der Waals surface area (Å²) in [4.78, 5) is 14.0. The maximum absolute atomic E-state index is 13.6. The number of halogens is 2. The largest absolute Gasteiger partial charge is 0.327 e. The van der Waals surface area contributed by atoms with Crippen LogP contribution in [0.25, 0.3) is 0 Å². The van der Waals surface area contributed by atoms with E-state index in [2.05, 4.69) is 28.2 Å². The molecule has 1 aromatic carbocycles. The number of likely N-dealkylation sites (tertiary alicyclic amines) is 1. The number of nitrogens with two attached hydrogens (primary N) is 1. The summed E-state index contributed by atoms with van der Waals surface area (Å²) in [6.07, 6.45) is 0.986. The summed E-state index contributed by atoms with van der Waals surface area (Å²) in [5, 5.41) is 2.60. The van der Waals surface area contributed by atoms with E-state index in [1.807, 2.05) is 4.90 Å². The predicted octanol–water partition coefficient (Wildman–Crippen LogP) is 2.20. The Labute approximate surface area is 126 Å². The van der Waals surface area contributed by atoms with Gasteiger partial charge in [0.1, 0.15) is 5.82 Å². The van der Waals surface area contributed by atoms with Gasteiger partial charge in [-0.05, 0) is 30.5 Å². The zero-order valence-electron chi connectivity index (χ0n) is 11.4. The molecule has 1 heterocycles. The highest BCUT2D eigenvalue weighted by Gasteiger charge is 2.23. The van der Waals surface area contributed by atoms with E-state index in [4.69, 9.17) is 5.73 Å². The van der Waals surface area contributed by atoms with E-state index in [1.54, 1.807) is 12.1 Å². The molecule has 1 fully saturated rings. The van der Waals surface area contributed by atoms with Crippen LogP contribution >= 0.6 is 15.9 Å². The second-order valence-electron chi connectivity index (χ2n) is 5.47. The lowest BCUT2D eigenvalue weighted by Crippen LogP contribution is -2.48.